The molecule has 1 amide bonds. The molecule has 7 nitrogen and oxygen atoms in total. The topological polar surface area (TPSA) is 105 Å². The highest BCUT2D eigenvalue weighted by atomic mass is 79.9. The molecule has 2 aromatic rings. The number of carbonyl (C=O) groups excluding carboxylic acids is 2. The zero-order valence-electron chi connectivity index (χ0n) is 31.0. The Kier molecular flexibility index (Phi) is 11.3. The normalized spacial score (nSPS) is 19.2. The van der Waals surface area contributed by atoms with Crippen molar-refractivity contribution >= 4 is 45.4 Å². The highest BCUT2D eigenvalue weighted by Gasteiger charge is 2.22. The summed E-state index contributed by atoms with van der Waals surface area (Å²) in [7, 11) is 1.43. The molecule has 2 aliphatic carbocycles. The molecule has 3 N–H and O–H groups in total. The summed E-state index contributed by atoms with van der Waals surface area (Å²) in [6.07, 6.45) is 11.8. The zero-order valence-corrected chi connectivity index (χ0v) is 26.4. The van der Waals surface area contributed by atoms with Gasteiger partial charge in [-0.2, -0.15) is 11.8 Å². The smallest absolute Gasteiger partial charge is 0.322 e. The number of ketones is 1. The number of aliphatic carboxylic acids is 1. The van der Waals surface area contributed by atoms with Crippen molar-refractivity contribution in [3.8, 4) is 5.75 Å². The third-order valence-electron chi connectivity index (χ3n) is 7.23. The number of benzene rings is 2. The molecule has 230 valence electrons. The van der Waals surface area contributed by atoms with E-state index in [0.29, 0.717) is 15.8 Å². The van der Waals surface area contributed by atoms with Gasteiger partial charge in [0.2, 0.25) is 5.91 Å². The van der Waals surface area contributed by atoms with Crippen LogP contribution in [0.1, 0.15) is 89.7 Å². The second-order valence-corrected chi connectivity index (χ2v) is 12.2. The van der Waals surface area contributed by atoms with Gasteiger partial charge < -0.3 is 20.5 Å². The largest absolute Gasteiger partial charge is 0.496 e. The van der Waals surface area contributed by atoms with E-state index in [1.165, 1.54) is 71.3 Å². The molecule has 1 unspecified atom stereocenters. The number of amides is 1. The molecule has 1 atom stereocenters. The van der Waals surface area contributed by atoms with Crippen LogP contribution in [0, 0.1) is 5.92 Å². The van der Waals surface area contributed by atoms with Crippen LogP contribution in [0.3, 0.4) is 0 Å². The standard InChI is InChI=1S/C21H22BrNO5S.C12H23N/c1-28-18-9-5-8-16(20(18)22)17(24)13-29-12-15(21(27)23-11-19(25)26)10-14-6-3-2-4-7-14;1-3-7-11(8-4-1)13-12-9-5-2-6-10-12/h2-9,15H,10-13H2,1H3,(H,23,27)(H,25,26);11-13H,1-10H2/i2D,3D,4D,6D,7D,10D2;. The molecule has 4 rings (SSSR count). The Morgan fingerprint density at radius 3 is 2.24 bits per heavy atom. The van der Waals surface area contributed by atoms with E-state index in [1.807, 2.05) is 0 Å². The van der Waals surface area contributed by atoms with Crippen LogP contribution in [0.4, 0.5) is 0 Å². The van der Waals surface area contributed by atoms with Crippen molar-refractivity contribution in [1.29, 1.82) is 0 Å². The first-order valence-electron chi connectivity index (χ1n) is 18.0. The molecule has 0 bridgehead atoms. The summed E-state index contributed by atoms with van der Waals surface area (Å²) < 4.78 is 62.3. The first-order valence-corrected chi connectivity index (χ1v) is 16.4. The lowest BCUT2D eigenvalue weighted by molar-refractivity contribution is -0.138. The number of carbonyl (C=O) groups is 3. The summed E-state index contributed by atoms with van der Waals surface area (Å²) in [6.45, 7) is -0.813. The predicted molar refractivity (Wildman–Crippen MR) is 174 cm³/mol. The third kappa shape index (κ3) is 12.1. The first kappa shape index (κ1) is 25.0. The van der Waals surface area contributed by atoms with Crippen LogP contribution in [0.5, 0.6) is 5.75 Å². The number of carboxylic acid groups (broad SMARTS) is 1. The van der Waals surface area contributed by atoms with E-state index in [0.717, 1.165) is 23.8 Å². The number of nitrogens with one attached hydrogen (secondary N) is 2. The number of ether oxygens (including phenoxy) is 1. The molecule has 0 aromatic heterocycles. The molecular formula is C33H45BrN2O5S. The average molecular weight is 669 g/mol. The first-order chi connectivity index (χ1) is 23.2. The number of methoxy groups -OCH3 is 1. The van der Waals surface area contributed by atoms with Crippen LogP contribution in [0.25, 0.3) is 0 Å². The van der Waals surface area contributed by atoms with Gasteiger partial charge in [-0.1, -0.05) is 74.8 Å². The van der Waals surface area contributed by atoms with Gasteiger partial charge in [0.15, 0.2) is 5.78 Å². The van der Waals surface area contributed by atoms with Gasteiger partial charge in [0.05, 0.1) is 30.1 Å². The van der Waals surface area contributed by atoms with Crippen molar-refractivity contribution in [3.05, 3.63) is 64.0 Å². The molecule has 42 heavy (non-hydrogen) atoms. The third-order valence-corrected chi connectivity index (χ3v) is 9.09. The van der Waals surface area contributed by atoms with Crippen LogP contribution in [0.2, 0.25) is 0 Å². The second-order valence-electron chi connectivity index (χ2n) is 10.4. The predicted octanol–water partition coefficient (Wildman–Crippen LogP) is 6.67. The van der Waals surface area contributed by atoms with E-state index in [4.69, 9.17) is 19.4 Å². The molecule has 0 aliphatic heterocycles. The maximum absolute atomic E-state index is 12.8. The number of Topliss-reactive ketones (excluding diaryl/α,β-unsaturated/α-hetero) is 1. The minimum atomic E-state index is -2.80. The minimum absolute atomic E-state index is 0.189. The van der Waals surface area contributed by atoms with Crippen molar-refractivity contribution < 1.29 is 33.8 Å². The van der Waals surface area contributed by atoms with Gasteiger partial charge >= 0.3 is 5.97 Å². The van der Waals surface area contributed by atoms with Crippen molar-refractivity contribution in [2.24, 2.45) is 5.92 Å². The van der Waals surface area contributed by atoms with Gasteiger partial charge in [0.25, 0.3) is 0 Å². The Bertz CT molecular complexity index is 1430. The van der Waals surface area contributed by atoms with Crippen LogP contribution >= 0.6 is 27.7 Å². The monoisotopic (exact) mass is 667 g/mol. The second kappa shape index (κ2) is 19.0. The zero-order chi connectivity index (χ0) is 36.3. The van der Waals surface area contributed by atoms with Crippen LogP contribution in [-0.4, -0.2) is 60.0 Å². The Labute approximate surface area is 272 Å². The molecule has 2 aromatic carbocycles. The lowest BCUT2D eigenvalue weighted by Gasteiger charge is -2.30. The lowest BCUT2D eigenvalue weighted by Crippen LogP contribution is -2.40. The number of carboxylic acids is 1. The van der Waals surface area contributed by atoms with Crippen LogP contribution < -0.4 is 15.4 Å². The molecule has 2 aliphatic rings. The molecule has 0 heterocycles. The average Bonchev–Trinajstić information content (AvgIpc) is 3.08. The molecular weight excluding hydrogens is 616 g/mol. The summed E-state index contributed by atoms with van der Waals surface area (Å²) >= 11 is 4.17. The Morgan fingerprint density at radius 2 is 1.67 bits per heavy atom. The molecule has 0 saturated heterocycles. The number of thioether (sulfide) groups is 1. The van der Waals surface area contributed by atoms with E-state index >= 15 is 0 Å². The van der Waals surface area contributed by atoms with E-state index in [1.54, 1.807) is 18.2 Å². The fraction of sp³-hybridized carbons (Fsp3) is 0.545. The van der Waals surface area contributed by atoms with Gasteiger partial charge in [0, 0.05) is 26.1 Å². The summed E-state index contributed by atoms with van der Waals surface area (Å²) in [4.78, 5) is 36.5. The maximum Gasteiger partial charge on any atom is 0.322 e. The molecule has 2 fully saturated rings. The van der Waals surface area contributed by atoms with Gasteiger partial charge in [-0.05, 0) is 65.7 Å². The quantitative estimate of drug-likeness (QED) is 0.205. The summed E-state index contributed by atoms with van der Waals surface area (Å²) in [5, 5.41) is 14.8. The van der Waals surface area contributed by atoms with Crippen LogP contribution in [0.15, 0.2) is 52.9 Å². The highest BCUT2D eigenvalue weighted by Crippen LogP contribution is 2.29. The van der Waals surface area contributed by atoms with Crippen LogP contribution in [-0.2, 0) is 16.0 Å². The van der Waals surface area contributed by atoms with E-state index in [2.05, 4.69) is 26.6 Å². The number of rotatable bonds is 13. The fourth-order valence-electron chi connectivity index (χ4n) is 5.07. The van der Waals surface area contributed by atoms with Crippen molar-refractivity contribution in [3.63, 3.8) is 0 Å². The van der Waals surface area contributed by atoms with Crippen molar-refractivity contribution in [1.82, 2.24) is 10.6 Å². The van der Waals surface area contributed by atoms with Crippen molar-refractivity contribution in [2.45, 2.75) is 82.7 Å². The fourth-order valence-corrected chi connectivity index (χ4v) is 6.64. The van der Waals surface area contributed by atoms with Gasteiger partial charge in [-0.15, -0.1) is 0 Å². The number of hydrogen-bond donors (Lipinski definition) is 3. The van der Waals surface area contributed by atoms with E-state index in [9.17, 15) is 14.4 Å². The molecule has 9 heteroatoms. The van der Waals surface area contributed by atoms with E-state index < -0.39 is 66.5 Å². The van der Waals surface area contributed by atoms with E-state index in [-0.39, 0.29) is 17.3 Å². The SMILES string of the molecule is C1CCC(NC2CCCCC2)CC1.[2H]c1c([2H])c([2H])c(C([2H])([2H])C(CSCC(=O)c2cccc(OC)c2Br)C(=O)NCC(=O)O)c([2H])c1[2H]. The van der Waals surface area contributed by atoms with Gasteiger partial charge in [-0.3, -0.25) is 14.4 Å². The Balaban J connectivity index is 0.000000412. The Hall–Kier alpha value is -2.36. The summed E-state index contributed by atoms with van der Waals surface area (Å²) in [5.74, 6) is -4.59. The maximum atomic E-state index is 12.8. The number of hydrogen-bond acceptors (Lipinski definition) is 6. The summed E-state index contributed by atoms with van der Waals surface area (Å²) in [5.41, 5.74) is -0.436. The lowest BCUT2D eigenvalue weighted by atomic mass is 9.91. The highest BCUT2D eigenvalue weighted by molar-refractivity contribution is 9.10. The minimum Gasteiger partial charge on any atom is -0.496 e. The molecule has 2 saturated carbocycles. The van der Waals surface area contributed by atoms with Gasteiger partial charge in [0.1, 0.15) is 12.3 Å². The molecule has 0 radical (unpaired) electrons. The Morgan fingerprint density at radius 1 is 1.05 bits per heavy atom. The molecule has 0 spiro atoms. The van der Waals surface area contributed by atoms with Gasteiger partial charge in [-0.25, -0.2) is 0 Å². The number of halogens is 1. The summed E-state index contributed by atoms with van der Waals surface area (Å²) in [6, 6.07) is 2.65. The van der Waals surface area contributed by atoms with Crippen molar-refractivity contribution in [2.75, 3.05) is 25.2 Å².